The van der Waals surface area contributed by atoms with E-state index in [0.29, 0.717) is 6.54 Å². The summed E-state index contributed by atoms with van der Waals surface area (Å²) in [6.45, 7) is 7.43. The molecule has 2 N–H and O–H groups in total. The third kappa shape index (κ3) is 3.72. The van der Waals surface area contributed by atoms with Crippen LogP contribution in [0.1, 0.15) is 31.4 Å². The number of methoxy groups -OCH3 is 1. The first-order valence-corrected chi connectivity index (χ1v) is 6.09. The van der Waals surface area contributed by atoms with Crippen LogP contribution in [0.5, 0.6) is 5.75 Å². The molecule has 0 heterocycles. The van der Waals surface area contributed by atoms with Crippen LogP contribution in [0, 0.1) is 6.92 Å². The van der Waals surface area contributed by atoms with Gasteiger partial charge in [0.15, 0.2) is 0 Å². The molecule has 0 spiro atoms. The zero-order valence-corrected chi connectivity index (χ0v) is 11.2. The smallest absolute Gasteiger partial charge is 0.119 e. The Kier molecular flexibility index (Phi) is 4.97. The van der Waals surface area contributed by atoms with Crippen LogP contribution in [0.25, 0.3) is 0 Å². The third-order valence-electron chi connectivity index (χ3n) is 2.91. The van der Waals surface area contributed by atoms with Crippen molar-refractivity contribution in [1.29, 1.82) is 0 Å². The van der Waals surface area contributed by atoms with Crippen molar-refractivity contribution in [3.05, 3.63) is 29.3 Å². The van der Waals surface area contributed by atoms with Crippen LogP contribution in [0.15, 0.2) is 18.2 Å². The first-order valence-electron chi connectivity index (χ1n) is 6.09. The minimum absolute atomic E-state index is 0.564. The Morgan fingerprint density at radius 2 is 2.12 bits per heavy atom. The zero-order valence-electron chi connectivity index (χ0n) is 11.2. The molecule has 0 bridgehead atoms. The van der Waals surface area contributed by atoms with Gasteiger partial charge in [-0.2, -0.15) is 0 Å². The molecule has 1 atom stereocenters. The molecule has 0 saturated carbocycles. The van der Waals surface area contributed by atoms with Gasteiger partial charge >= 0.3 is 0 Å². The lowest BCUT2D eigenvalue weighted by atomic mass is 9.91. The number of aliphatic hydroxyl groups is 1. The number of hydrogen-bond acceptors (Lipinski definition) is 3. The van der Waals surface area contributed by atoms with E-state index in [1.807, 2.05) is 32.0 Å². The van der Waals surface area contributed by atoms with Gasteiger partial charge in [0.05, 0.1) is 12.7 Å². The first-order chi connectivity index (χ1) is 8.01. The van der Waals surface area contributed by atoms with Crippen LogP contribution in [-0.4, -0.2) is 25.3 Å². The number of aryl methyl sites for hydroxylation is 1. The van der Waals surface area contributed by atoms with Gasteiger partial charge < -0.3 is 15.2 Å². The topological polar surface area (TPSA) is 41.5 Å². The first kappa shape index (κ1) is 14.0. The van der Waals surface area contributed by atoms with Crippen LogP contribution in [0.4, 0.5) is 0 Å². The van der Waals surface area contributed by atoms with Gasteiger partial charge in [0.1, 0.15) is 5.75 Å². The second kappa shape index (κ2) is 6.03. The van der Waals surface area contributed by atoms with Crippen LogP contribution in [-0.2, 0) is 5.60 Å². The molecule has 0 fully saturated rings. The van der Waals surface area contributed by atoms with Crippen LogP contribution < -0.4 is 10.1 Å². The predicted molar refractivity (Wildman–Crippen MR) is 70.5 cm³/mol. The minimum atomic E-state index is -0.842. The van der Waals surface area contributed by atoms with E-state index in [1.54, 1.807) is 7.11 Å². The monoisotopic (exact) mass is 237 g/mol. The van der Waals surface area contributed by atoms with Gasteiger partial charge in [-0.3, -0.25) is 0 Å². The maximum atomic E-state index is 10.5. The van der Waals surface area contributed by atoms with Crippen molar-refractivity contribution in [3.63, 3.8) is 0 Å². The Hall–Kier alpha value is -1.06. The van der Waals surface area contributed by atoms with Gasteiger partial charge in [0.25, 0.3) is 0 Å². The fourth-order valence-electron chi connectivity index (χ4n) is 1.97. The summed E-state index contributed by atoms with van der Waals surface area (Å²) in [5.41, 5.74) is 1.15. The highest BCUT2D eigenvalue weighted by atomic mass is 16.5. The molecule has 17 heavy (non-hydrogen) atoms. The third-order valence-corrected chi connectivity index (χ3v) is 2.91. The van der Waals surface area contributed by atoms with Crippen LogP contribution in [0.2, 0.25) is 0 Å². The minimum Gasteiger partial charge on any atom is -0.497 e. The summed E-state index contributed by atoms with van der Waals surface area (Å²) >= 11 is 0. The van der Waals surface area contributed by atoms with Gasteiger partial charge in [-0.05, 0) is 50.1 Å². The van der Waals surface area contributed by atoms with Crippen molar-refractivity contribution in [2.24, 2.45) is 0 Å². The quantitative estimate of drug-likeness (QED) is 0.745. The van der Waals surface area contributed by atoms with Gasteiger partial charge in [-0.25, -0.2) is 0 Å². The van der Waals surface area contributed by atoms with Crippen molar-refractivity contribution in [3.8, 4) is 5.75 Å². The molecule has 0 aromatic heterocycles. The second-order valence-corrected chi connectivity index (χ2v) is 4.63. The fraction of sp³-hybridized carbons (Fsp3) is 0.571. The van der Waals surface area contributed by atoms with Crippen molar-refractivity contribution in [2.75, 3.05) is 20.2 Å². The summed E-state index contributed by atoms with van der Waals surface area (Å²) < 4.78 is 5.16. The van der Waals surface area contributed by atoms with E-state index in [1.165, 1.54) is 0 Å². The molecule has 0 radical (unpaired) electrons. The standard InChI is InChI=1S/C14H23NO2/c1-5-8-15-10-14(3,16)13-7-6-12(17-4)9-11(13)2/h6-7,9,15-16H,5,8,10H2,1-4H3. The van der Waals surface area contributed by atoms with E-state index in [4.69, 9.17) is 4.74 Å². The molecule has 3 heteroatoms. The normalized spacial score (nSPS) is 14.4. The van der Waals surface area contributed by atoms with E-state index in [2.05, 4.69) is 12.2 Å². The van der Waals surface area contributed by atoms with E-state index in [0.717, 1.165) is 29.8 Å². The predicted octanol–water partition coefficient (Wildman–Crippen LogP) is 2.21. The van der Waals surface area contributed by atoms with Crippen molar-refractivity contribution in [1.82, 2.24) is 5.32 Å². The molecule has 0 aliphatic carbocycles. The maximum Gasteiger partial charge on any atom is 0.119 e. The molecular formula is C14H23NO2. The molecule has 1 aromatic carbocycles. The van der Waals surface area contributed by atoms with E-state index in [-0.39, 0.29) is 0 Å². The Morgan fingerprint density at radius 1 is 1.41 bits per heavy atom. The molecule has 1 unspecified atom stereocenters. The fourth-order valence-corrected chi connectivity index (χ4v) is 1.97. The highest BCUT2D eigenvalue weighted by molar-refractivity contribution is 5.38. The summed E-state index contributed by atoms with van der Waals surface area (Å²) in [7, 11) is 1.65. The summed E-state index contributed by atoms with van der Waals surface area (Å²) in [4.78, 5) is 0. The second-order valence-electron chi connectivity index (χ2n) is 4.63. The number of ether oxygens (including phenoxy) is 1. The Balaban J connectivity index is 2.82. The zero-order chi connectivity index (χ0) is 12.9. The summed E-state index contributed by atoms with van der Waals surface area (Å²) in [6, 6.07) is 5.77. The highest BCUT2D eigenvalue weighted by Crippen LogP contribution is 2.26. The summed E-state index contributed by atoms with van der Waals surface area (Å²) in [5.74, 6) is 0.823. The Bertz CT molecular complexity index is 361. The molecule has 1 aromatic rings. The average Bonchev–Trinajstić information content (AvgIpc) is 2.28. The number of nitrogens with one attached hydrogen (secondary N) is 1. The molecular weight excluding hydrogens is 214 g/mol. The average molecular weight is 237 g/mol. The van der Waals surface area contributed by atoms with Gasteiger partial charge in [-0.1, -0.05) is 13.0 Å². The Morgan fingerprint density at radius 3 is 2.65 bits per heavy atom. The summed E-state index contributed by atoms with van der Waals surface area (Å²) in [6.07, 6.45) is 1.07. The van der Waals surface area contributed by atoms with E-state index in [9.17, 15) is 5.11 Å². The van der Waals surface area contributed by atoms with Gasteiger partial charge in [0.2, 0.25) is 0 Å². The number of benzene rings is 1. The molecule has 0 aliphatic heterocycles. The van der Waals surface area contributed by atoms with Crippen molar-refractivity contribution in [2.45, 2.75) is 32.8 Å². The molecule has 96 valence electrons. The molecule has 0 amide bonds. The summed E-state index contributed by atoms with van der Waals surface area (Å²) in [5, 5.41) is 13.7. The highest BCUT2D eigenvalue weighted by Gasteiger charge is 2.24. The van der Waals surface area contributed by atoms with Crippen molar-refractivity contribution < 1.29 is 9.84 Å². The van der Waals surface area contributed by atoms with Crippen LogP contribution >= 0.6 is 0 Å². The maximum absolute atomic E-state index is 10.5. The lowest BCUT2D eigenvalue weighted by molar-refractivity contribution is 0.0565. The number of hydrogen-bond donors (Lipinski definition) is 2. The van der Waals surface area contributed by atoms with E-state index < -0.39 is 5.60 Å². The molecule has 3 nitrogen and oxygen atoms in total. The lowest BCUT2D eigenvalue weighted by Crippen LogP contribution is -2.36. The lowest BCUT2D eigenvalue weighted by Gasteiger charge is -2.26. The SMILES string of the molecule is CCCNCC(C)(O)c1ccc(OC)cc1C. The molecule has 0 saturated heterocycles. The van der Waals surface area contributed by atoms with Gasteiger partial charge in [0, 0.05) is 6.54 Å². The van der Waals surface area contributed by atoms with Gasteiger partial charge in [-0.15, -0.1) is 0 Å². The largest absolute Gasteiger partial charge is 0.497 e. The van der Waals surface area contributed by atoms with Crippen LogP contribution in [0.3, 0.4) is 0 Å². The van der Waals surface area contributed by atoms with Crippen molar-refractivity contribution >= 4 is 0 Å². The van der Waals surface area contributed by atoms with E-state index >= 15 is 0 Å². The molecule has 1 rings (SSSR count). The number of rotatable bonds is 6. The Labute approximate surface area is 104 Å². The molecule has 0 aliphatic rings.